The van der Waals surface area contributed by atoms with Gasteiger partial charge in [-0.25, -0.2) is 0 Å². The van der Waals surface area contributed by atoms with Gasteiger partial charge in [0.25, 0.3) is 0 Å². The van der Waals surface area contributed by atoms with Crippen LogP contribution in [0.1, 0.15) is 18.4 Å². The zero-order chi connectivity index (χ0) is 16.5. The lowest BCUT2D eigenvalue weighted by molar-refractivity contribution is 0.794. The van der Waals surface area contributed by atoms with Gasteiger partial charge in [-0.05, 0) is 29.7 Å². The third-order valence-corrected chi connectivity index (χ3v) is 4.17. The average Bonchev–Trinajstić information content (AvgIpc) is 2.97. The Morgan fingerprint density at radius 2 is 2.00 bits per heavy atom. The number of nitrogen functional groups attached to an aromatic ring is 1. The minimum atomic E-state index is 0.288. The van der Waals surface area contributed by atoms with E-state index in [1.54, 1.807) is 0 Å². The molecule has 0 amide bonds. The number of para-hydroxylation sites is 1. The van der Waals surface area contributed by atoms with Crippen LogP contribution in [0, 0.1) is 0 Å². The van der Waals surface area contributed by atoms with Crippen LogP contribution in [0.2, 0.25) is 0 Å². The summed E-state index contributed by atoms with van der Waals surface area (Å²) >= 11 is 0. The van der Waals surface area contributed by atoms with Crippen LogP contribution in [0.25, 0.3) is 22.1 Å². The molecule has 2 aromatic heterocycles. The first kappa shape index (κ1) is 14.4. The highest BCUT2D eigenvalue weighted by Gasteiger charge is 2.10. The SMILES string of the molecule is CC(CNc1nnc2c(n1)[nH]c1ccccc12)c1cccc(N)c1. The van der Waals surface area contributed by atoms with Crippen LogP contribution in [0.15, 0.2) is 48.5 Å². The van der Waals surface area contributed by atoms with Gasteiger partial charge < -0.3 is 16.0 Å². The summed E-state index contributed by atoms with van der Waals surface area (Å²) in [7, 11) is 0. The number of aromatic amines is 1. The van der Waals surface area contributed by atoms with Crippen molar-refractivity contribution in [3.8, 4) is 0 Å². The Morgan fingerprint density at radius 3 is 2.88 bits per heavy atom. The van der Waals surface area contributed by atoms with Crippen LogP contribution in [0.5, 0.6) is 0 Å². The number of fused-ring (bicyclic) bond motifs is 3. The molecule has 6 nitrogen and oxygen atoms in total. The lowest BCUT2D eigenvalue weighted by Crippen LogP contribution is -2.12. The topological polar surface area (TPSA) is 92.5 Å². The summed E-state index contributed by atoms with van der Waals surface area (Å²) in [6, 6.07) is 15.9. The number of nitrogens with two attached hydrogens (primary N) is 1. The summed E-state index contributed by atoms with van der Waals surface area (Å²) in [6.45, 7) is 2.84. The molecule has 0 saturated carbocycles. The largest absolute Gasteiger partial charge is 0.399 e. The number of aromatic nitrogens is 4. The molecule has 4 aromatic rings. The molecule has 24 heavy (non-hydrogen) atoms. The number of hydrogen-bond donors (Lipinski definition) is 3. The van der Waals surface area contributed by atoms with Gasteiger partial charge in [-0.1, -0.05) is 37.3 Å². The number of nitrogens with zero attached hydrogens (tertiary/aromatic N) is 3. The number of benzene rings is 2. The molecule has 2 heterocycles. The molecule has 120 valence electrons. The van der Waals surface area contributed by atoms with Crippen molar-refractivity contribution in [1.29, 1.82) is 0 Å². The van der Waals surface area contributed by atoms with Gasteiger partial charge in [-0.2, -0.15) is 4.98 Å². The first-order chi connectivity index (χ1) is 11.7. The lowest BCUT2D eigenvalue weighted by atomic mass is 10.0. The molecule has 4 rings (SSSR count). The standard InChI is InChI=1S/C18H18N6/c1-11(12-5-4-6-13(19)9-12)10-20-18-22-17-16(23-24-18)14-7-2-3-8-15(14)21-17/h2-9,11H,10,19H2,1H3,(H2,20,21,22,24). The van der Waals surface area contributed by atoms with E-state index < -0.39 is 0 Å². The molecule has 0 bridgehead atoms. The molecule has 0 saturated heterocycles. The molecular formula is C18H18N6. The van der Waals surface area contributed by atoms with E-state index >= 15 is 0 Å². The van der Waals surface area contributed by atoms with Gasteiger partial charge in [0, 0.05) is 23.1 Å². The lowest BCUT2D eigenvalue weighted by Gasteiger charge is -2.13. The van der Waals surface area contributed by atoms with Crippen LogP contribution in [-0.4, -0.2) is 26.7 Å². The summed E-state index contributed by atoms with van der Waals surface area (Å²) in [6.07, 6.45) is 0. The first-order valence-corrected chi connectivity index (χ1v) is 7.91. The third-order valence-electron chi connectivity index (χ3n) is 4.17. The molecule has 0 aliphatic heterocycles. The minimum absolute atomic E-state index is 0.288. The molecule has 6 heteroatoms. The Morgan fingerprint density at radius 1 is 1.12 bits per heavy atom. The van der Waals surface area contributed by atoms with E-state index in [4.69, 9.17) is 5.73 Å². The zero-order valence-electron chi connectivity index (χ0n) is 13.3. The second kappa shape index (κ2) is 5.81. The maximum Gasteiger partial charge on any atom is 0.244 e. The van der Waals surface area contributed by atoms with Gasteiger partial charge in [0.05, 0.1) is 0 Å². The van der Waals surface area contributed by atoms with Crippen molar-refractivity contribution in [2.24, 2.45) is 0 Å². The van der Waals surface area contributed by atoms with Crippen molar-refractivity contribution in [1.82, 2.24) is 20.2 Å². The van der Waals surface area contributed by atoms with E-state index in [1.165, 1.54) is 5.56 Å². The number of hydrogen-bond acceptors (Lipinski definition) is 5. The molecule has 0 aliphatic carbocycles. The van der Waals surface area contributed by atoms with Crippen molar-refractivity contribution in [2.75, 3.05) is 17.6 Å². The molecule has 1 unspecified atom stereocenters. The third kappa shape index (κ3) is 2.62. The van der Waals surface area contributed by atoms with Gasteiger partial charge in [0.2, 0.25) is 5.95 Å². The highest BCUT2D eigenvalue weighted by atomic mass is 15.2. The summed E-state index contributed by atoms with van der Waals surface area (Å²) < 4.78 is 0. The summed E-state index contributed by atoms with van der Waals surface area (Å²) in [5.41, 5.74) is 10.3. The molecule has 1 atom stereocenters. The second-order valence-corrected chi connectivity index (χ2v) is 5.96. The molecule has 0 spiro atoms. The number of anilines is 2. The molecular weight excluding hydrogens is 300 g/mol. The predicted octanol–water partition coefficient (Wildman–Crippen LogP) is 3.30. The Kier molecular flexibility index (Phi) is 3.49. The molecule has 0 fully saturated rings. The Bertz CT molecular complexity index is 1010. The fourth-order valence-electron chi connectivity index (χ4n) is 2.82. The van der Waals surface area contributed by atoms with E-state index in [9.17, 15) is 0 Å². The molecule has 0 radical (unpaired) electrons. The maximum atomic E-state index is 5.84. The first-order valence-electron chi connectivity index (χ1n) is 7.91. The Hall–Kier alpha value is -3.15. The van der Waals surface area contributed by atoms with E-state index in [0.717, 1.165) is 27.8 Å². The molecule has 0 aliphatic rings. The van der Waals surface area contributed by atoms with E-state index in [1.807, 2.05) is 42.5 Å². The quantitative estimate of drug-likeness (QED) is 0.502. The minimum Gasteiger partial charge on any atom is -0.399 e. The van der Waals surface area contributed by atoms with Crippen molar-refractivity contribution in [3.05, 3.63) is 54.1 Å². The van der Waals surface area contributed by atoms with Gasteiger partial charge in [0.15, 0.2) is 5.65 Å². The van der Waals surface area contributed by atoms with E-state index in [-0.39, 0.29) is 5.92 Å². The zero-order valence-corrected chi connectivity index (χ0v) is 13.3. The van der Waals surface area contributed by atoms with Crippen molar-refractivity contribution >= 4 is 33.7 Å². The summed E-state index contributed by atoms with van der Waals surface area (Å²) in [5, 5.41) is 12.8. The van der Waals surface area contributed by atoms with E-state index in [0.29, 0.717) is 12.5 Å². The summed E-state index contributed by atoms with van der Waals surface area (Å²) in [5.74, 6) is 0.806. The number of H-pyrrole nitrogens is 1. The fraction of sp³-hybridized carbons (Fsp3) is 0.167. The van der Waals surface area contributed by atoms with Crippen LogP contribution in [0.4, 0.5) is 11.6 Å². The summed E-state index contributed by atoms with van der Waals surface area (Å²) in [4.78, 5) is 7.81. The van der Waals surface area contributed by atoms with Gasteiger partial charge in [0.1, 0.15) is 5.52 Å². The molecule has 4 N–H and O–H groups in total. The van der Waals surface area contributed by atoms with Crippen molar-refractivity contribution < 1.29 is 0 Å². The van der Waals surface area contributed by atoms with Crippen LogP contribution >= 0.6 is 0 Å². The smallest absolute Gasteiger partial charge is 0.244 e. The highest BCUT2D eigenvalue weighted by molar-refractivity contribution is 6.03. The van der Waals surface area contributed by atoms with Gasteiger partial charge in [-0.15, -0.1) is 10.2 Å². The average molecular weight is 318 g/mol. The molecule has 2 aromatic carbocycles. The van der Waals surface area contributed by atoms with Crippen LogP contribution in [-0.2, 0) is 0 Å². The number of nitrogens with one attached hydrogen (secondary N) is 2. The highest BCUT2D eigenvalue weighted by Crippen LogP contribution is 2.22. The second-order valence-electron chi connectivity index (χ2n) is 5.96. The maximum absolute atomic E-state index is 5.84. The Balaban J connectivity index is 1.55. The predicted molar refractivity (Wildman–Crippen MR) is 96.9 cm³/mol. The fourth-order valence-corrected chi connectivity index (χ4v) is 2.82. The van der Waals surface area contributed by atoms with Crippen LogP contribution in [0.3, 0.4) is 0 Å². The normalized spacial score (nSPS) is 12.5. The van der Waals surface area contributed by atoms with Crippen LogP contribution < -0.4 is 11.1 Å². The van der Waals surface area contributed by atoms with Gasteiger partial charge in [-0.3, -0.25) is 0 Å². The Labute approximate surface area is 139 Å². The van der Waals surface area contributed by atoms with Crippen molar-refractivity contribution in [3.63, 3.8) is 0 Å². The monoisotopic (exact) mass is 318 g/mol. The van der Waals surface area contributed by atoms with Gasteiger partial charge >= 0.3 is 0 Å². The van der Waals surface area contributed by atoms with Crippen molar-refractivity contribution in [2.45, 2.75) is 12.8 Å². The number of rotatable bonds is 4. The van der Waals surface area contributed by atoms with E-state index in [2.05, 4.69) is 38.5 Å².